The molecule has 17 heavy (non-hydrogen) atoms. The van der Waals surface area contributed by atoms with Gasteiger partial charge in [0.1, 0.15) is 5.52 Å². The van der Waals surface area contributed by atoms with E-state index in [2.05, 4.69) is 19.9 Å². The topological polar surface area (TPSA) is 129 Å². The second-order valence-corrected chi connectivity index (χ2v) is 3.75. The molecule has 0 aliphatic heterocycles. The third kappa shape index (κ3) is 1.91. The van der Waals surface area contributed by atoms with Crippen molar-refractivity contribution in [2.45, 2.75) is 5.16 Å². The third-order valence-corrected chi connectivity index (χ3v) is 2.50. The Morgan fingerprint density at radius 2 is 1.88 bits per heavy atom. The lowest BCUT2D eigenvalue weighted by atomic mass is 10.3. The highest BCUT2D eigenvalue weighted by Crippen LogP contribution is 2.18. The van der Waals surface area contributed by atoms with Crippen molar-refractivity contribution in [3.8, 4) is 0 Å². The molecule has 0 saturated carbocycles. The molecule has 2 aromatic heterocycles. The van der Waals surface area contributed by atoms with Gasteiger partial charge in [0.15, 0.2) is 16.5 Å². The van der Waals surface area contributed by atoms with Crippen LogP contribution in [0, 0.1) is 0 Å². The van der Waals surface area contributed by atoms with Crippen molar-refractivity contribution in [1.29, 1.82) is 0 Å². The van der Waals surface area contributed by atoms with E-state index < -0.39 is 23.5 Å². The maximum atomic E-state index is 10.9. The molecule has 0 radical (unpaired) electrons. The molecule has 88 valence electrons. The molecule has 2 heterocycles. The first-order valence-corrected chi connectivity index (χ1v) is 5.53. The average Bonchev–Trinajstić information content (AvgIpc) is 2.69. The largest absolute Gasteiger partial charge is 0.476 e. The van der Waals surface area contributed by atoms with Gasteiger partial charge in [-0.2, -0.15) is 0 Å². The van der Waals surface area contributed by atoms with E-state index in [4.69, 9.17) is 10.2 Å². The zero-order chi connectivity index (χ0) is 12.6. The van der Waals surface area contributed by atoms with Crippen LogP contribution >= 0.6 is 11.8 Å². The standard InChI is InChI=1S/C8H6N4O4S/c1-17-8-10-2-3(6(13)14)9-5(7(15)16)11-4(2)12-8/h1H3,(H,13,14)(H,15,16)(H,9,10,11,12). The minimum absolute atomic E-state index is 0.0270. The molecule has 0 spiro atoms. The smallest absolute Gasteiger partial charge is 0.374 e. The summed E-state index contributed by atoms with van der Waals surface area (Å²) in [6.45, 7) is 0. The Bertz CT molecular complexity index is 623. The van der Waals surface area contributed by atoms with E-state index in [1.807, 2.05) is 0 Å². The number of aromatic amines is 1. The van der Waals surface area contributed by atoms with E-state index in [0.29, 0.717) is 5.16 Å². The molecule has 0 unspecified atom stereocenters. The van der Waals surface area contributed by atoms with Gasteiger partial charge in [-0.3, -0.25) is 0 Å². The molecule has 0 bridgehead atoms. The van der Waals surface area contributed by atoms with Gasteiger partial charge in [0.25, 0.3) is 0 Å². The molecule has 9 heteroatoms. The van der Waals surface area contributed by atoms with Gasteiger partial charge < -0.3 is 15.2 Å². The number of imidazole rings is 1. The Morgan fingerprint density at radius 1 is 1.18 bits per heavy atom. The second-order valence-electron chi connectivity index (χ2n) is 2.95. The Hall–Kier alpha value is -2.16. The van der Waals surface area contributed by atoms with Gasteiger partial charge in [-0.25, -0.2) is 24.5 Å². The van der Waals surface area contributed by atoms with Crippen LogP contribution in [0.15, 0.2) is 5.16 Å². The SMILES string of the molecule is CSc1nc2nc(C(=O)O)nc(C(=O)O)c2[nH]1. The average molecular weight is 254 g/mol. The van der Waals surface area contributed by atoms with Gasteiger partial charge in [0, 0.05) is 0 Å². The van der Waals surface area contributed by atoms with E-state index in [1.54, 1.807) is 6.26 Å². The van der Waals surface area contributed by atoms with E-state index in [0.717, 1.165) is 0 Å². The number of carboxylic acid groups (broad SMARTS) is 2. The van der Waals surface area contributed by atoms with Crippen LogP contribution in [-0.4, -0.2) is 48.3 Å². The van der Waals surface area contributed by atoms with E-state index >= 15 is 0 Å². The molecular weight excluding hydrogens is 248 g/mol. The Kier molecular flexibility index (Phi) is 2.68. The van der Waals surface area contributed by atoms with Crippen LogP contribution in [0.25, 0.3) is 11.2 Å². The molecule has 0 aliphatic carbocycles. The zero-order valence-electron chi connectivity index (χ0n) is 8.46. The van der Waals surface area contributed by atoms with Crippen molar-refractivity contribution < 1.29 is 19.8 Å². The van der Waals surface area contributed by atoms with Crippen molar-refractivity contribution in [3.63, 3.8) is 0 Å². The molecule has 8 nitrogen and oxygen atoms in total. The van der Waals surface area contributed by atoms with Crippen molar-refractivity contribution in [2.24, 2.45) is 0 Å². The molecular formula is C8H6N4O4S. The summed E-state index contributed by atoms with van der Waals surface area (Å²) in [6, 6.07) is 0. The molecule has 0 amide bonds. The van der Waals surface area contributed by atoms with Crippen molar-refractivity contribution in [1.82, 2.24) is 19.9 Å². The lowest BCUT2D eigenvalue weighted by molar-refractivity contribution is 0.0681. The minimum Gasteiger partial charge on any atom is -0.476 e. The molecule has 3 N–H and O–H groups in total. The summed E-state index contributed by atoms with van der Waals surface area (Å²) in [6.07, 6.45) is 1.74. The Morgan fingerprint density at radius 3 is 2.41 bits per heavy atom. The summed E-state index contributed by atoms with van der Waals surface area (Å²) in [5.74, 6) is -3.33. The summed E-state index contributed by atoms with van der Waals surface area (Å²) in [5.41, 5.74) is -0.258. The summed E-state index contributed by atoms with van der Waals surface area (Å²) in [7, 11) is 0. The number of fused-ring (bicyclic) bond motifs is 1. The lowest BCUT2D eigenvalue weighted by Gasteiger charge is -1.97. The molecule has 0 saturated heterocycles. The van der Waals surface area contributed by atoms with Crippen molar-refractivity contribution in [3.05, 3.63) is 11.5 Å². The van der Waals surface area contributed by atoms with Crippen LogP contribution in [0.4, 0.5) is 0 Å². The van der Waals surface area contributed by atoms with E-state index in [9.17, 15) is 9.59 Å². The Labute approximate surface area is 98.1 Å². The summed E-state index contributed by atoms with van der Waals surface area (Å²) in [5, 5.41) is 18.1. The predicted octanol–water partition coefficient (Wildman–Crippen LogP) is 0.471. The fourth-order valence-corrected chi connectivity index (χ4v) is 1.60. The molecule has 0 fully saturated rings. The number of carboxylic acids is 2. The van der Waals surface area contributed by atoms with Gasteiger partial charge in [-0.1, -0.05) is 11.8 Å². The summed E-state index contributed by atoms with van der Waals surface area (Å²) >= 11 is 1.25. The first-order chi connectivity index (χ1) is 8.02. The zero-order valence-corrected chi connectivity index (χ0v) is 9.28. The quantitative estimate of drug-likeness (QED) is 0.674. The number of aromatic nitrogens is 4. The highest BCUT2D eigenvalue weighted by Gasteiger charge is 2.20. The van der Waals surface area contributed by atoms with Gasteiger partial charge in [0.05, 0.1) is 0 Å². The summed E-state index contributed by atoms with van der Waals surface area (Å²) < 4.78 is 0. The highest BCUT2D eigenvalue weighted by atomic mass is 32.2. The first-order valence-electron chi connectivity index (χ1n) is 4.31. The molecule has 0 atom stereocenters. The number of rotatable bonds is 3. The van der Waals surface area contributed by atoms with Crippen LogP contribution in [0.3, 0.4) is 0 Å². The number of carbonyl (C=O) groups is 2. The number of aromatic carboxylic acids is 2. The third-order valence-electron chi connectivity index (χ3n) is 1.92. The van der Waals surface area contributed by atoms with Crippen molar-refractivity contribution >= 4 is 34.9 Å². The number of nitrogens with one attached hydrogen (secondary N) is 1. The van der Waals surface area contributed by atoms with Gasteiger partial charge in [-0.05, 0) is 6.26 Å². The van der Waals surface area contributed by atoms with Crippen LogP contribution in [0.5, 0.6) is 0 Å². The van der Waals surface area contributed by atoms with Gasteiger partial charge in [0.2, 0.25) is 5.82 Å². The van der Waals surface area contributed by atoms with Crippen LogP contribution < -0.4 is 0 Å². The fourth-order valence-electron chi connectivity index (χ4n) is 1.22. The lowest BCUT2D eigenvalue weighted by Crippen LogP contribution is -2.10. The molecule has 2 aromatic rings. The minimum atomic E-state index is -1.40. The van der Waals surface area contributed by atoms with Gasteiger partial charge in [-0.15, -0.1) is 0 Å². The van der Waals surface area contributed by atoms with Crippen LogP contribution in [-0.2, 0) is 0 Å². The molecule has 2 rings (SSSR count). The highest BCUT2D eigenvalue weighted by molar-refractivity contribution is 7.98. The fraction of sp³-hybridized carbons (Fsp3) is 0.125. The first kappa shape index (κ1) is 11.3. The maximum Gasteiger partial charge on any atom is 0.374 e. The number of hydrogen-bond acceptors (Lipinski definition) is 6. The number of nitrogens with zero attached hydrogens (tertiary/aromatic N) is 3. The molecule has 0 aromatic carbocycles. The van der Waals surface area contributed by atoms with E-state index in [1.165, 1.54) is 11.8 Å². The Balaban J connectivity index is 2.78. The van der Waals surface area contributed by atoms with Gasteiger partial charge >= 0.3 is 11.9 Å². The summed E-state index contributed by atoms with van der Waals surface area (Å²) in [4.78, 5) is 35.5. The molecule has 0 aliphatic rings. The van der Waals surface area contributed by atoms with Crippen LogP contribution in [0.1, 0.15) is 21.1 Å². The predicted molar refractivity (Wildman–Crippen MR) is 57.4 cm³/mol. The van der Waals surface area contributed by atoms with Crippen molar-refractivity contribution in [2.75, 3.05) is 6.26 Å². The number of thioether (sulfide) groups is 1. The maximum absolute atomic E-state index is 10.9. The van der Waals surface area contributed by atoms with Crippen LogP contribution in [0.2, 0.25) is 0 Å². The second kappa shape index (κ2) is 4.01. The number of H-pyrrole nitrogens is 1. The number of hydrogen-bond donors (Lipinski definition) is 3. The van der Waals surface area contributed by atoms with E-state index in [-0.39, 0.29) is 11.2 Å². The normalized spacial score (nSPS) is 10.6. The monoisotopic (exact) mass is 254 g/mol.